The molecule has 1 fully saturated rings. The normalized spacial score (nSPS) is 16.9. The highest BCUT2D eigenvalue weighted by Crippen LogP contribution is 2.31. The van der Waals surface area contributed by atoms with Crippen LogP contribution in [0.2, 0.25) is 0 Å². The van der Waals surface area contributed by atoms with Gasteiger partial charge in [0.15, 0.2) is 9.84 Å². The third-order valence-electron chi connectivity index (χ3n) is 5.85. The molecule has 1 aliphatic heterocycles. The average molecular weight is 475 g/mol. The van der Waals surface area contributed by atoms with E-state index in [0.29, 0.717) is 34.4 Å². The van der Waals surface area contributed by atoms with Gasteiger partial charge in [-0.25, -0.2) is 17.5 Å². The Morgan fingerprint density at radius 2 is 1.91 bits per heavy atom. The summed E-state index contributed by atoms with van der Waals surface area (Å²) >= 11 is 0. The van der Waals surface area contributed by atoms with Gasteiger partial charge in [0.25, 0.3) is 5.91 Å². The fraction of sp³-hybridized carbons (Fsp3) is 0.160. The number of carbonyl (C=O) groups excluding carboxylic acids is 1. The fourth-order valence-corrected chi connectivity index (χ4v) is 5.84. The van der Waals surface area contributed by atoms with Gasteiger partial charge in [0.05, 0.1) is 34.3 Å². The summed E-state index contributed by atoms with van der Waals surface area (Å²) in [5.74, 6) is -0.745. The molecule has 0 aliphatic carbocycles. The number of aromatic nitrogens is 2. The van der Waals surface area contributed by atoms with E-state index in [1.54, 1.807) is 53.2 Å². The van der Waals surface area contributed by atoms with E-state index in [4.69, 9.17) is 5.10 Å². The molecule has 1 atom stereocenters. The summed E-state index contributed by atoms with van der Waals surface area (Å²) in [6.45, 7) is 0. The van der Waals surface area contributed by atoms with Crippen LogP contribution in [0.15, 0.2) is 66.7 Å². The van der Waals surface area contributed by atoms with Crippen molar-refractivity contribution < 1.29 is 17.6 Å². The summed E-state index contributed by atoms with van der Waals surface area (Å²) in [4.78, 5) is 12.9. The van der Waals surface area contributed by atoms with Crippen LogP contribution in [0.3, 0.4) is 0 Å². The predicted molar refractivity (Wildman–Crippen MR) is 126 cm³/mol. The van der Waals surface area contributed by atoms with Gasteiger partial charge >= 0.3 is 0 Å². The molecule has 2 heterocycles. The monoisotopic (exact) mass is 474 g/mol. The summed E-state index contributed by atoms with van der Waals surface area (Å²) in [6.07, 6.45) is 0.392. The molecule has 170 valence electrons. The molecule has 1 N–H and O–H groups in total. The number of rotatable bonds is 4. The largest absolute Gasteiger partial charge is 0.348 e. The molecule has 7 nitrogen and oxygen atoms in total. The van der Waals surface area contributed by atoms with Crippen LogP contribution in [0.5, 0.6) is 0 Å². The van der Waals surface area contributed by atoms with E-state index in [1.807, 2.05) is 6.07 Å². The van der Waals surface area contributed by atoms with Crippen LogP contribution in [0.1, 0.15) is 22.3 Å². The first kappa shape index (κ1) is 21.8. The number of hydrogen-bond acceptors (Lipinski definition) is 5. The van der Waals surface area contributed by atoms with E-state index in [1.165, 1.54) is 12.1 Å². The second-order valence-corrected chi connectivity index (χ2v) is 10.5. The van der Waals surface area contributed by atoms with Gasteiger partial charge in [-0.05, 0) is 61.0 Å². The van der Waals surface area contributed by atoms with Gasteiger partial charge in [0, 0.05) is 22.6 Å². The molecule has 9 heteroatoms. The standard InChI is InChI=1S/C25H19FN4O3S/c26-19-5-7-21(8-6-19)30-23-13-18(25(31)28-20-10-11-34(32,33)15-20)4-9-22(23)24(29-30)17-3-1-2-16(12-17)14-27/h1-9,12-13,20H,10-11,15H2,(H,28,31)/t20-/m1/s1. The first-order valence-corrected chi connectivity index (χ1v) is 12.5. The number of fused-ring (bicyclic) bond motifs is 1. The van der Waals surface area contributed by atoms with Gasteiger partial charge in [0.2, 0.25) is 0 Å². The molecule has 0 unspecified atom stereocenters. The zero-order chi connectivity index (χ0) is 23.9. The molecule has 0 saturated carbocycles. The maximum atomic E-state index is 13.5. The maximum absolute atomic E-state index is 13.5. The van der Waals surface area contributed by atoms with Crippen molar-refractivity contribution in [2.24, 2.45) is 0 Å². The van der Waals surface area contributed by atoms with Crippen LogP contribution in [-0.4, -0.2) is 41.7 Å². The van der Waals surface area contributed by atoms with E-state index in [-0.39, 0.29) is 23.2 Å². The number of nitrogens with zero attached hydrogens (tertiary/aromatic N) is 3. The smallest absolute Gasteiger partial charge is 0.251 e. The Balaban J connectivity index is 1.60. The number of benzene rings is 3. The van der Waals surface area contributed by atoms with Crippen molar-refractivity contribution in [2.75, 3.05) is 11.5 Å². The van der Waals surface area contributed by atoms with E-state index in [9.17, 15) is 22.9 Å². The zero-order valence-electron chi connectivity index (χ0n) is 17.9. The summed E-state index contributed by atoms with van der Waals surface area (Å²) in [7, 11) is -3.12. The van der Waals surface area contributed by atoms with Gasteiger partial charge in [0.1, 0.15) is 11.5 Å². The molecule has 1 aromatic heterocycles. The minimum Gasteiger partial charge on any atom is -0.348 e. The van der Waals surface area contributed by atoms with Crippen LogP contribution in [0.4, 0.5) is 4.39 Å². The summed E-state index contributed by atoms with van der Waals surface area (Å²) in [5.41, 5.74) is 3.43. The lowest BCUT2D eigenvalue weighted by Crippen LogP contribution is -2.35. The first-order chi connectivity index (χ1) is 16.3. The number of halogens is 1. The van der Waals surface area contributed by atoms with E-state index < -0.39 is 15.9 Å². The Bertz CT molecular complexity index is 1570. The summed E-state index contributed by atoms with van der Waals surface area (Å²) < 4.78 is 38.6. The number of sulfone groups is 1. The van der Waals surface area contributed by atoms with E-state index in [0.717, 1.165) is 10.9 Å². The van der Waals surface area contributed by atoms with Crippen LogP contribution in [0, 0.1) is 17.1 Å². The molecule has 3 aromatic carbocycles. The molecule has 1 aliphatic rings. The fourth-order valence-electron chi connectivity index (χ4n) is 4.16. The molecular weight excluding hydrogens is 455 g/mol. The van der Waals surface area contributed by atoms with Gasteiger partial charge in [-0.2, -0.15) is 10.4 Å². The molecule has 5 rings (SSSR count). The van der Waals surface area contributed by atoms with Crippen molar-refractivity contribution in [3.05, 3.63) is 83.7 Å². The average Bonchev–Trinajstić information content (AvgIpc) is 3.38. The Morgan fingerprint density at radius 3 is 2.62 bits per heavy atom. The van der Waals surface area contributed by atoms with Crippen molar-refractivity contribution >= 4 is 26.6 Å². The first-order valence-electron chi connectivity index (χ1n) is 10.6. The minimum atomic E-state index is -3.12. The highest BCUT2D eigenvalue weighted by molar-refractivity contribution is 7.91. The molecule has 1 saturated heterocycles. The van der Waals surface area contributed by atoms with E-state index in [2.05, 4.69) is 11.4 Å². The Labute approximate surface area is 195 Å². The predicted octanol–water partition coefficient (Wildman–Crippen LogP) is 3.62. The molecule has 1 amide bonds. The summed E-state index contributed by atoms with van der Waals surface area (Å²) in [5, 5.41) is 17.6. The second kappa shape index (κ2) is 8.39. The van der Waals surface area contributed by atoms with Gasteiger partial charge in [-0.3, -0.25) is 4.79 Å². The maximum Gasteiger partial charge on any atom is 0.251 e. The number of nitriles is 1. The van der Waals surface area contributed by atoms with Gasteiger partial charge < -0.3 is 5.32 Å². The number of nitrogens with one attached hydrogen (secondary N) is 1. The lowest BCUT2D eigenvalue weighted by molar-refractivity contribution is 0.0941. The lowest BCUT2D eigenvalue weighted by atomic mass is 10.0. The van der Waals surface area contributed by atoms with Gasteiger partial charge in [-0.15, -0.1) is 0 Å². The van der Waals surface area contributed by atoms with Crippen molar-refractivity contribution in [2.45, 2.75) is 12.5 Å². The van der Waals surface area contributed by atoms with Crippen LogP contribution < -0.4 is 5.32 Å². The Kier molecular flexibility index (Phi) is 5.38. The molecule has 4 aromatic rings. The van der Waals surface area contributed by atoms with Gasteiger partial charge in [-0.1, -0.05) is 12.1 Å². The van der Waals surface area contributed by atoms with Crippen LogP contribution >= 0.6 is 0 Å². The molecular formula is C25H19FN4O3S. The Hall–Kier alpha value is -4.03. The second-order valence-electron chi connectivity index (χ2n) is 8.23. The summed E-state index contributed by atoms with van der Waals surface area (Å²) in [6, 6.07) is 19.7. The third kappa shape index (κ3) is 4.16. The highest BCUT2D eigenvalue weighted by Gasteiger charge is 2.29. The number of carbonyl (C=O) groups is 1. The molecule has 0 spiro atoms. The minimum absolute atomic E-state index is 0.0616. The quantitative estimate of drug-likeness (QED) is 0.486. The van der Waals surface area contributed by atoms with Crippen molar-refractivity contribution in [3.63, 3.8) is 0 Å². The number of amides is 1. The molecule has 34 heavy (non-hydrogen) atoms. The lowest BCUT2D eigenvalue weighted by Gasteiger charge is -2.11. The topological polar surface area (TPSA) is 105 Å². The van der Waals surface area contributed by atoms with Crippen LogP contribution in [0.25, 0.3) is 27.8 Å². The molecule has 0 bridgehead atoms. The van der Waals surface area contributed by atoms with Crippen molar-refractivity contribution in [1.29, 1.82) is 5.26 Å². The van der Waals surface area contributed by atoms with Crippen molar-refractivity contribution in [1.82, 2.24) is 15.1 Å². The molecule has 0 radical (unpaired) electrons. The van der Waals surface area contributed by atoms with E-state index >= 15 is 0 Å². The zero-order valence-corrected chi connectivity index (χ0v) is 18.7. The SMILES string of the molecule is N#Cc1cccc(-c2nn(-c3ccc(F)cc3)c3cc(C(=O)N[C@@H]4CCS(=O)(=O)C4)ccc23)c1. The third-order valence-corrected chi connectivity index (χ3v) is 7.62. The Morgan fingerprint density at radius 1 is 1.12 bits per heavy atom. The van der Waals surface area contributed by atoms with Crippen LogP contribution in [-0.2, 0) is 9.84 Å². The highest BCUT2D eigenvalue weighted by atomic mass is 32.2. The van der Waals surface area contributed by atoms with Crippen molar-refractivity contribution in [3.8, 4) is 23.0 Å². The number of hydrogen-bond donors (Lipinski definition) is 1.